The number of furan rings is 1. The Bertz CT molecular complexity index is 236. The molecule has 0 spiro atoms. The minimum atomic E-state index is -0.202. The van der Waals surface area contributed by atoms with Crippen molar-refractivity contribution in [1.29, 1.82) is 0 Å². The maximum Gasteiger partial charge on any atom is 0.308 e. The number of hydrogen-bond donors (Lipinski definition) is 0. The van der Waals surface area contributed by atoms with Gasteiger partial charge in [0, 0.05) is 0 Å². The molecule has 0 fully saturated rings. The number of ether oxygens (including phenoxy) is 1. The lowest BCUT2D eigenvalue weighted by atomic mass is 10.2. The molecule has 3 nitrogen and oxygen atoms in total. The lowest BCUT2D eigenvalue weighted by molar-refractivity contribution is -0.149. The minimum absolute atomic E-state index is 0.0834. The molecule has 0 aromatic carbocycles. The van der Waals surface area contributed by atoms with E-state index in [4.69, 9.17) is 9.15 Å². The van der Waals surface area contributed by atoms with Crippen LogP contribution < -0.4 is 0 Å². The van der Waals surface area contributed by atoms with E-state index in [1.807, 2.05) is 0 Å². The van der Waals surface area contributed by atoms with E-state index < -0.39 is 0 Å². The zero-order valence-corrected chi connectivity index (χ0v) is 7.24. The summed E-state index contributed by atoms with van der Waals surface area (Å²) in [6.07, 6.45) is 1.55. The highest BCUT2D eigenvalue weighted by Crippen LogP contribution is 2.04. The van der Waals surface area contributed by atoms with Crippen molar-refractivity contribution in [3.05, 3.63) is 24.2 Å². The molecule has 0 saturated carbocycles. The zero-order chi connectivity index (χ0) is 8.97. The first kappa shape index (κ1) is 8.84. The molecule has 0 radical (unpaired) electrons. The molecular formula is C9H12O3. The van der Waals surface area contributed by atoms with E-state index in [0.29, 0.717) is 5.76 Å². The van der Waals surface area contributed by atoms with Gasteiger partial charge in [0.25, 0.3) is 0 Å². The summed E-state index contributed by atoms with van der Waals surface area (Å²) >= 11 is 0. The fourth-order valence-corrected chi connectivity index (χ4v) is 0.704. The summed E-state index contributed by atoms with van der Waals surface area (Å²) in [4.78, 5) is 11.0. The molecule has 0 bridgehead atoms. The maximum absolute atomic E-state index is 11.0. The second kappa shape index (κ2) is 3.95. The minimum Gasteiger partial charge on any atom is -0.466 e. The van der Waals surface area contributed by atoms with E-state index in [1.54, 1.807) is 32.2 Å². The molecule has 1 aromatic rings. The first-order valence-corrected chi connectivity index (χ1v) is 3.89. The summed E-state index contributed by atoms with van der Waals surface area (Å²) in [5.41, 5.74) is 0. The van der Waals surface area contributed by atoms with Crippen LogP contribution in [0.3, 0.4) is 0 Å². The number of carbonyl (C=O) groups excluding carboxylic acids is 1. The highest BCUT2D eigenvalue weighted by molar-refractivity contribution is 5.71. The SMILES string of the molecule is CC(C)C(=O)OCc1ccco1. The topological polar surface area (TPSA) is 39.4 Å². The van der Waals surface area contributed by atoms with Gasteiger partial charge in [0.05, 0.1) is 12.2 Å². The summed E-state index contributed by atoms with van der Waals surface area (Å²) < 4.78 is 9.90. The summed E-state index contributed by atoms with van der Waals surface area (Å²) in [6, 6.07) is 3.53. The molecule has 0 N–H and O–H groups in total. The Morgan fingerprint density at radius 1 is 1.67 bits per heavy atom. The standard InChI is InChI=1S/C9H12O3/c1-7(2)9(10)12-6-8-4-3-5-11-8/h3-5,7H,6H2,1-2H3. The maximum atomic E-state index is 11.0. The first-order valence-electron chi connectivity index (χ1n) is 3.89. The zero-order valence-electron chi connectivity index (χ0n) is 7.24. The molecule has 0 aliphatic carbocycles. The predicted molar refractivity (Wildman–Crippen MR) is 43.3 cm³/mol. The predicted octanol–water partition coefficient (Wildman–Crippen LogP) is 1.98. The van der Waals surface area contributed by atoms with Crippen LogP contribution >= 0.6 is 0 Å². The summed E-state index contributed by atoms with van der Waals surface area (Å²) in [7, 11) is 0. The molecule has 0 aliphatic rings. The molecule has 66 valence electrons. The molecule has 1 aromatic heterocycles. The average Bonchev–Trinajstić information content (AvgIpc) is 2.51. The van der Waals surface area contributed by atoms with Crippen molar-refractivity contribution in [2.45, 2.75) is 20.5 Å². The third-order valence-electron chi connectivity index (χ3n) is 1.41. The molecule has 1 rings (SSSR count). The van der Waals surface area contributed by atoms with Gasteiger partial charge in [-0.15, -0.1) is 0 Å². The Hall–Kier alpha value is -1.25. The van der Waals surface area contributed by atoms with E-state index >= 15 is 0 Å². The Morgan fingerprint density at radius 3 is 2.92 bits per heavy atom. The molecular weight excluding hydrogens is 156 g/mol. The van der Waals surface area contributed by atoms with Gasteiger partial charge in [-0.1, -0.05) is 13.8 Å². The molecule has 0 saturated heterocycles. The van der Waals surface area contributed by atoms with Crippen LogP contribution in [0.5, 0.6) is 0 Å². The first-order chi connectivity index (χ1) is 5.70. The average molecular weight is 168 g/mol. The van der Waals surface area contributed by atoms with E-state index in [9.17, 15) is 4.79 Å². The largest absolute Gasteiger partial charge is 0.466 e. The second-order valence-corrected chi connectivity index (χ2v) is 2.84. The van der Waals surface area contributed by atoms with Gasteiger partial charge in [0.1, 0.15) is 12.4 Å². The highest BCUT2D eigenvalue weighted by Gasteiger charge is 2.08. The number of esters is 1. The molecule has 3 heteroatoms. The van der Waals surface area contributed by atoms with E-state index in [-0.39, 0.29) is 18.5 Å². The van der Waals surface area contributed by atoms with Gasteiger partial charge < -0.3 is 9.15 Å². The lowest BCUT2D eigenvalue weighted by Crippen LogP contribution is -2.10. The Balaban J connectivity index is 2.32. The van der Waals surface area contributed by atoms with Crippen molar-refractivity contribution < 1.29 is 13.9 Å². The van der Waals surface area contributed by atoms with Crippen molar-refractivity contribution in [2.75, 3.05) is 0 Å². The van der Waals surface area contributed by atoms with Gasteiger partial charge in [-0.2, -0.15) is 0 Å². The molecule has 0 amide bonds. The fourth-order valence-electron chi connectivity index (χ4n) is 0.704. The van der Waals surface area contributed by atoms with Crippen LogP contribution in [-0.2, 0) is 16.1 Å². The molecule has 12 heavy (non-hydrogen) atoms. The fraction of sp³-hybridized carbons (Fsp3) is 0.444. The summed E-state index contributed by atoms with van der Waals surface area (Å²) in [6.45, 7) is 3.82. The smallest absolute Gasteiger partial charge is 0.308 e. The molecule has 1 heterocycles. The van der Waals surface area contributed by atoms with Gasteiger partial charge >= 0.3 is 5.97 Å². The van der Waals surface area contributed by atoms with Crippen LogP contribution in [0, 0.1) is 5.92 Å². The van der Waals surface area contributed by atoms with Gasteiger partial charge in [-0.05, 0) is 12.1 Å². The molecule has 0 atom stereocenters. The van der Waals surface area contributed by atoms with Crippen molar-refractivity contribution in [2.24, 2.45) is 5.92 Å². The highest BCUT2D eigenvalue weighted by atomic mass is 16.5. The van der Waals surface area contributed by atoms with Crippen LogP contribution in [0.4, 0.5) is 0 Å². The Labute approximate surface area is 71.3 Å². The monoisotopic (exact) mass is 168 g/mol. The molecule has 0 aliphatic heterocycles. The quantitative estimate of drug-likeness (QED) is 0.648. The van der Waals surface area contributed by atoms with Crippen molar-refractivity contribution >= 4 is 5.97 Å². The van der Waals surface area contributed by atoms with Crippen LogP contribution in [0.2, 0.25) is 0 Å². The molecule has 0 unspecified atom stereocenters. The lowest BCUT2D eigenvalue weighted by Gasteiger charge is -2.04. The summed E-state index contributed by atoms with van der Waals surface area (Å²) in [5.74, 6) is 0.385. The van der Waals surface area contributed by atoms with Crippen molar-refractivity contribution in [3.63, 3.8) is 0 Å². The van der Waals surface area contributed by atoms with Gasteiger partial charge in [0.2, 0.25) is 0 Å². The number of rotatable bonds is 3. The third kappa shape index (κ3) is 2.42. The summed E-state index contributed by atoms with van der Waals surface area (Å²) in [5, 5.41) is 0. The van der Waals surface area contributed by atoms with Crippen molar-refractivity contribution in [3.8, 4) is 0 Å². The van der Waals surface area contributed by atoms with E-state index in [0.717, 1.165) is 0 Å². The normalized spacial score (nSPS) is 10.2. The second-order valence-electron chi connectivity index (χ2n) is 2.84. The van der Waals surface area contributed by atoms with Crippen LogP contribution in [0.15, 0.2) is 22.8 Å². The van der Waals surface area contributed by atoms with Crippen LogP contribution in [0.25, 0.3) is 0 Å². The third-order valence-corrected chi connectivity index (χ3v) is 1.41. The van der Waals surface area contributed by atoms with Gasteiger partial charge in [-0.3, -0.25) is 4.79 Å². The van der Waals surface area contributed by atoms with E-state index in [2.05, 4.69) is 0 Å². The van der Waals surface area contributed by atoms with Crippen LogP contribution in [-0.4, -0.2) is 5.97 Å². The number of carbonyl (C=O) groups is 1. The van der Waals surface area contributed by atoms with Gasteiger partial charge in [-0.25, -0.2) is 0 Å². The van der Waals surface area contributed by atoms with E-state index in [1.165, 1.54) is 0 Å². The number of hydrogen-bond acceptors (Lipinski definition) is 3. The van der Waals surface area contributed by atoms with Gasteiger partial charge in [0.15, 0.2) is 0 Å². The Kier molecular flexibility index (Phi) is 2.91. The Morgan fingerprint density at radius 2 is 2.42 bits per heavy atom. The van der Waals surface area contributed by atoms with Crippen molar-refractivity contribution in [1.82, 2.24) is 0 Å². The van der Waals surface area contributed by atoms with Crippen LogP contribution in [0.1, 0.15) is 19.6 Å².